The molecule has 1 aliphatic rings. The summed E-state index contributed by atoms with van der Waals surface area (Å²) in [5.41, 5.74) is 1.24. The van der Waals surface area contributed by atoms with E-state index in [1.807, 2.05) is 0 Å². The molecule has 1 saturated carbocycles. The largest absolute Gasteiger partial charge is 0.416 e. The number of anilines is 2. The highest BCUT2D eigenvalue weighted by molar-refractivity contribution is 9.10. The second kappa shape index (κ2) is 8.38. The Bertz CT molecular complexity index is 1200. The van der Waals surface area contributed by atoms with Crippen molar-refractivity contribution in [2.45, 2.75) is 57.8 Å². The number of nitrogens with one attached hydrogen (secondary N) is 2. The molecule has 1 fully saturated rings. The molecule has 4 nitrogen and oxygen atoms in total. The summed E-state index contributed by atoms with van der Waals surface area (Å²) in [5.74, 6) is -1.68. The van der Waals surface area contributed by atoms with Crippen LogP contribution in [-0.4, -0.2) is 21.9 Å². The van der Waals surface area contributed by atoms with Gasteiger partial charge in [-0.1, -0.05) is 12.1 Å². The maximum absolute atomic E-state index is 13.3. The van der Waals surface area contributed by atoms with E-state index in [9.17, 15) is 22.0 Å². The van der Waals surface area contributed by atoms with Crippen molar-refractivity contribution in [2.75, 3.05) is 10.6 Å². The fourth-order valence-electron chi connectivity index (χ4n) is 4.18. The van der Waals surface area contributed by atoms with Gasteiger partial charge in [-0.2, -0.15) is 13.2 Å². The van der Waals surface area contributed by atoms with Gasteiger partial charge in [-0.15, -0.1) is 0 Å². The number of aryl methyl sites for hydroxylation is 1. The van der Waals surface area contributed by atoms with Gasteiger partial charge in [0.25, 0.3) is 5.92 Å². The lowest BCUT2D eigenvalue weighted by Gasteiger charge is -2.36. The first kappa shape index (κ1) is 23.7. The zero-order valence-electron chi connectivity index (χ0n) is 18.1. The average molecular weight is 529 g/mol. The molecule has 0 saturated heterocycles. The molecule has 0 spiro atoms. The third kappa shape index (κ3) is 4.90. The van der Waals surface area contributed by atoms with Crippen LogP contribution in [0.4, 0.5) is 33.5 Å². The normalized spacial score (nSPS) is 17.0. The van der Waals surface area contributed by atoms with Crippen LogP contribution in [0.3, 0.4) is 0 Å². The van der Waals surface area contributed by atoms with Crippen LogP contribution in [0.25, 0.3) is 10.9 Å². The van der Waals surface area contributed by atoms with Crippen molar-refractivity contribution < 1.29 is 22.0 Å². The zero-order chi connectivity index (χ0) is 24.1. The number of benzene rings is 2. The minimum Gasteiger partial charge on any atom is -0.381 e. The lowest BCUT2D eigenvalue weighted by molar-refractivity contribution is -0.138. The Kier molecular flexibility index (Phi) is 6.01. The Morgan fingerprint density at radius 1 is 1.12 bits per heavy atom. The summed E-state index contributed by atoms with van der Waals surface area (Å²) < 4.78 is 67.0. The summed E-state index contributed by atoms with van der Waals surface area (Å²) in [7, 11) is 0. The molecule has 0 radical (unpaired) electrons. The summed E-state index contributed by atoms with van der Waals surface area (Å²) in [6.07, 6.45) is -4.88. The van der Waals surface area contributed by atoms with E-state index in [4.69, 9.17) is 0 Å². The zero-order valence-corrected chi connectivity index (χ0v) is 19.7. The van der Waals surface area contributed by atoms with Gasteiger partial charge >= 0.3 is 6.18 Å². The van der Waals surface area contributed by atoms with E-state index in [0.717, 1.165) is 6.07 Å². The Morgan fingerprint density at radius 2 is 1.82 bits per heavy atom. The Morgan fingerprint density at radius 3 is 2.45 bits per heavy atom. The quantitative estimate of drug-likeness (QED) is 0.338. The van der Waals surface area contributed by atoms with Crippen LogP contribution in [0, 0.1) is 13.8 Å². The first-order valence-corrected chi connectivity index (χ1v) is 11.2. The van der Waals surface area contributed by atoms with Crippen molar-refractivity contribution in [1.82, 2.24) is 9.97 Å². The lowest BCUT2D eigenvalue weighted by atomic mass is 9.88. The number of hydrogen-bond donors (Lipinski definition) is 2. The molecule has 1 heterocycles. The van der Waals surface area contributed by atoms with Crippen LogP contribution in [0.15, 0.2) is 34.8 Å². The summed E-state index contributed by atoms with van der Waals surface area (Å²) in [5, 5.41) is 7.00. The van der Waals surface area contributed by atoms with E-state index in [2.05, 4.69) is 36.5 Å². The number of hydrogen-bond acceptors (Lipinski definition) is 4. The molecule has 1 unspecified atom stereocenters. The first-order valence-electron chi connectivity index (χ1n) is 10.4. The molecule has 33 heavy (non-hydrogen) atoms. The number of aromatic nitrogens is 2. The maximum atomic E-state index is 13.3. The van der Waals surface area contributed by atoms with E-state index in [0.29, 0.717) is 38.3 Å². The minimum absolute atomic E-state index is 0.157. The summed E-state index contributed by atoms with van der Waals surface area (Å²) >= 11 is 3.48. The summed E-state index contributed by atoms with van der Waals surface area (Å²) in [6.45, 7) is 4.94. The molecule has 1 atom stereocenters. The molecule has 176 valence electrons. The fraction of sp³-hybridized carbons (Fsp3) is 0.391. The first-order chi connectivity index (χ1) is 15.3. The topological polar surface area (TPSA) is 49.8 Å². The summed E-state index contributed by atoms with van der Waals surface area (Å²) in [6, 6.07) is 6.88. The molecule has 3 aromatic rings. The van der Waals surface area contributed by atoms with Gasteiger partial charge in [0.05, 0.1) is 22.8 Å². The number of fused-ring (bicyclic) bond motifs is 1. The van der Waals surface area contributed by atoms with Gasteiger partial charge in [-0.05, 0) is 66.0 Å². The Balaban J connectivity index is 1.65. The van der Waals surface area contributed by atoms with Gasteiger partial charge in [-0.3, -0.25) is 0 Å². The van der Waals surface area contributed by atoms with Crippen LogP contribution in [0.1, 0.15) is 48.3 Å². The van der Waals surface area contributed by atoms with Crippen LogP contribution >= 0.6 is 15.9 Å². The highest BCUT2D eigenvalue weighted by Gasteiger charge is 2.45. The molecule has 0 aliphatic heterocycles. The van der Waals surface area contributed by atoms with Gasteiger partial charge in [0.15, 0.2) is 0 Å². The number of alkyl halides is 5. The van der Waals surface area contributed by atoms with Crippen LogP contribution in [0.5, 0.6) is 0 Å². The van der Waals surface area contributed by atoms with Gasteiger partial charge in [0, 0.05) is 28.7 Å². The smallest absolute Gasteiger partial charge is 0.381 e. The average Bonchev–Trinajstić information content (AvgIpc) is 2.67. The molecule has 0 bridgehead atoms. The van der Waals surface area contributed by atoms with Gasteiger partial charge in [-0.25, -0.2) is 18.7 Å². The molecule has 4 rings (SSSR count). The van der Waals surface area contributed by atoms with Crippen LogP contribution < -0.4 is 10.6 Å². The maximum Gasteiger partial charge on any atom is 0.416 e. The fourth-order valence-corrected chi connectivity index (χ4v) is 4.64. The molecule has 1 aliphatic carbocycles. The number of nitrogens with zero attached hydrogens (tertiary/aromatic N) is 2. The molecule has 0 amide bonds. The number of halogens is 6. The Labute approximate surface area is 196 Å². The highest BCUT2D eigenvalue weighted by Crippen LogP contribution is 2.41. The van der Waals surface area contributed by atoms with Gasteiger partial charge in [0.1, 0.15) is 11.6 Å². The third-order valence-electron chi connectivity index (χ3n) is 5.85. The standard InChI is InChI=1S/C23H22BrF5N4/c1-11-15(5-4-6-17(11)23(27,28)29)12(2)30-21-16-7-18(24)20(8-19(16)31-13(3)32-21)33-14-9-22(25,26)10-14/h4-8,12,14,33H,9-10H2,1-3H3,(H,30,31,32). The molecule has 10 heteroatoms. The lowest BCUT2D eigenvalue weighted by Crippen LogP contribution is -2.44. The molecular formula is C23H22BrF5N4. The SMILES string of the molecule is Cc1nc(NC(C)c2cccc(C(F)(F)F)c2C)c2cc(Br)c(NC3CC(F)(F)C3)cc2n1. The predicted molar refractivity (Wildman–Crippen MR) is 122 cm³/mol. The van der Waals surface area contributed by atoms with Crippen molar-refractivity contribution in [1.29, 1.82) is 0 Å². The van der Waals surface area contributed by atoms with Gasteiger partial charge in [0.2, 0.25) is 0 Å². The van der Waals surface area contributed by atoms with Gasteiger partial charge < -0.3 is 10.6 Å². The van der Waals surface area contributed by atoms with E-state index in [1.54, 1.807) is 32.0 Å². The minimum atomic E-state index is -4.43. The van der Waals surface area contributed by atoms with Crippen LogP contribution in [0.2, 0.25) is 0 Å². The van der Waals surface area contributed by atoms with E-state index in [-0.39, 0.29) is 24.4 Å². The Hall–Kier alpha value is -2.49. The monoisotopic (exact) mass is 528 g/mol. The van der Waals surface area contributed by atoms with E-state index >= 15 is 0 Å². The molecule has 2 N–H and O–H groups in total. The van der Waals surface area contributed by atoms with Crippen molar-refractivity contribution in [2.24, 2.45) is 0 Å². The molecule has 2 aromatic carbocycles. The second-order valence-electron chi connectivity index (χ2n) is 8.46. The van der Waals surface area contributed by atoms with E-state index in [1.165, 1.54) is 13.0 Å². The highest BCUT2D eigenvalue weighted by atomic mass is 79.9. The van der Waals surface area contributed by atoms with Crippen molar-refractivity contribution >= 4 is 38.3 Å². The van der Waals surface area contributed by atoms with Crippen LogP contribution in [-0.2, 0) is 6.18 Å². The van der Waals surface area contributed by atoms with Crippen molar-refractivity contribution in [3.63, 3.8) is 0 Å². The second-order valence-corrected chi connectivity index (χ2v) is 9.31. The van der Waals surface area contributed by atoms with E-state index < -0.39 is 23.7 Å². The summed E-state index contributed by atoms with van der Waals surface area (Å²) in [4.78, 5) is 8.91. The number of rotatable bonds is 5. The molecular weight excluding hydrogens is 507 g/mol. The predicted octanol–water partition coefficient (Wildman–Crippen LogP) is 7.41. The van der Waals surface area contributed by atoms with Crippen molar-refractivity contribution in [3.8, 4) is 0 Å². The molecule has 1 aromatic heterocycles. The third-order valence-corrected chi connectivity index (χ3v) is 6.50. The van der Waals surface area contributed by atoms with Crippen molar-refractivity contribution in [3.05, 3.63) is 57.3 Å².